The van der Waals surface area contributed by atoms with E-state index in [0.717, 1.165) is 34.5 Å². The first-order valence-corrected chi connectivity index (χ1v) is 13.8. The third kappa shape index (κ3) is 5.13. The predicted molar refractivity (Wildman–Crippen MR) is 132 cm³/mol. The molecule has 2 aromatic carbocycles. The zero-order valence-electron chi connectivity index (χ0n) is 20.8. The number of aryl methyl sites for hydroxylation is 2. The average molecular weight is 552 g/mol. The number of hydrogen-bond acceptors (Lipinski definition) is 6. The van der Waals surface area contributed by atoms with Gasteiger partial charge in [0.2, 0.25) is 0 Å². The molecule has 1 aliphatic heterocycles. The summed E-state index contributed by atoms with van der Waals surface area (Å²) in [7, 11) is -3.20. The van der Waals surface area contributed by atoms with Crippen LogP contribution in [0.25, 0.3) is 22.2 Å². The zero-order chi connectivity index (χ0) is 27.4. The van der Waals surface area contributed by atoms with Crippen molar-refractivity contribution in [3.05, 3.63) is 65.1 Å². The molecule has 0 amide bonds. The van der Waals surface area contributed by atoms with Crippen LogP contribution in [0.2, 0.25) is 0 Å². The predicted octanol–water partition coefficient (Wildman–Crippen LogP) is 6.05. The SMILES string of the molecule is Cc1noc(C)c1-c1ccc2c(c1)nc([C@H](C)Cc1ccc(OC(F)(F)F)c(F)c1)n2[C@H]1CCS(=O)(=O)C1. The normalized spacial score (nSPS) is 18.2. The molecular formula is C26H25F4N3O4S. The number of nitrogens with zero attached hydrogens (tertiary/aromatic N) is 3. The summed E-state index contributed by atoms with van der Waals surface area (Å²) in [6.45, 7) is 5.53. The lowest BCUT2D eigenvalue weighted by atomic mass is 9.99. The van der Waals surface area contributed by atoms with Crippen molar-refractivity contribution in [3.63, 3.8) is 0 Å². The first kappa shape index (κ1) is 26.2. The Bertz CT molecular complexity index is 1610. The molecule has 0 aliphatic carbocycles. The maximum absolute atomic E-state index is 14.3. The van der Waals surface area contributed by atoms with E-state index in [4.69, 9.17) is 9.51 Å². The van der Waals surface area contributed by atoms with Gasteiger partial charge in [-0.25, -0.2) is 17.8 Å². The summed E-state index contributed by atoms with van der Waals surface area (Å²) in [6.07, 6.45) is -4.29. The van der Waals surface area contributed by atoms with Crippen molar-refractivity contribution < 1.29 is 35.2 Å². The minimum absolute atomic E-state index is 0.0120. The second kappa shape index (κ2) is 9.40. The number of benzene rings is 2. The summed E-state index contributed by atoms with van der Waals surface area (Å²) in [4.78, 5) is 4.87. The molecule has 0 spiro atoms. The highest BCUT2D eigenvalue weighted by molar-refractivity contribution is 7.91. The largest absolute Gasteiger partial charge is 0.573 e. The minimum atomic E-state index is -5.00. The third-order valence-corrected chi connectivity index (χ3v) is 8.57. The van der Waals surface area contributed by atoms with Crippen LogP contribution < -0.4 is 4.74 Å². The maximum atomic E-state index is 14.3. The number of hydrogen-bond donors (Lipinski definition) is 0. The van der Waals surface area contributed by atoms with E-state index in [9.17, 15) is 26.0 Å². The van der Waals surface area contributed by atoms with Crippen LogP contribution in [-0.2, 0) is 16.3 Å². The number of halogens is 4. The lowest BCUT2D eigenvalue weighted by molar-refractivity contribution is -0.275. The highest BCUT2D eigenvalue weighted by Crippen LogP contribution is 2.36. The van der Waals surface area contributed by atoms with E-state index in [2.05, 4.69) is 9.89 Å². The Labute approximate surface area is 216 Å². The van der Waals surface area contributed by atoms with E-state index >= 15 is 0 Å². The van der Waals surface area contributed by atoms with Gasteiger partial charge in [0.1, 0.15) is 11.6 Å². The lowest BCUT2D eigenvalue weighted by Gasteiger charge is -2.19. The highest BCUT2D eigenvalue weighted by atomic mass is 32.2. The molecule has 3 heterocycles. The molecule has 0 bridgehead atoms. The van der Waals surface area contributed by atoms with Gasteiger partial charge in [-0.3, -0.25) is 0 Å². The Kier molecular flexibility index (Phi) is 6.49. The first-order valence-electron chi connectivity index (χ1n) is 12.0. The maximum Gasteiger partial charge on any atom is 0.573 e. The summed E-state index contributed by atoms with van der Waals surface area (Å²) in [6, 6.07) is 8.75. The van der Waals surface area contributed by atoms with Crippen molar-refractivity contribution >= 4 is 20.9 Å². The summed E-state index contributed by atoms with van der Waals surface area (Å²) in [5, 5.41) is 4.01. The monoisotopic (exact) mass is 551 g/mol. The zero-order valence-corrected chi connectivity index (χ0v) is 21.7. The van der Waals surface area contributed by atoms with Crippen LogP contribution in [0, 0.1) is 19.7 Å². The van der Waals surface area contributed by atoms with Crippen LogP contribution in [0.4, 0.5) is 17.6 Å². The number of alkyl halides is 3. The Hall–Kier alpha value is -3.41. The molecule has 38 heavy (non-hydrogen) atoms. The fourth-order valence-electron chi connectivity index (χ4n) is 5.20. The molecule has 2 atom stereocenters. The molecule has 7 nitrogen and oxygen atoms in total. The lowest BCUT2D eigenvalue weighted by Crippen LogP contribution is -2.18. The summed E-state index contributed by atoms with van der Waals surface area (Å²) >= 11 is 0. The number of aromatic nitrogens is 3. The quantitative estimate of drug-likeness (QED) is 0.271. The van der Waals surface area contributed by atoms with Gasteiger partial charge in [-0.15, -0.1) is 13.2 Å². The van der Waals surface area contributed by atoms with Gasteiger partial charge in [-0.1, -0.05) is 24.2 Å². The van der Waals surface area contributed by atoms with E-state index < -0.39 is 27.8 Å². The molecule has 1 aliphatic rings. The van der Waals surface area contributed by atoms with Crippen molar-refractivity contribution in [2.75, 3.05) is 11.5 Å². The van der Waals surface area contributed by atoms with E-state index in [1.807, 2.05) is 43.5 Å². The van der Waals surface area contributed by atoms with Crippen LogP contribution in [-0.4, -0.2) is 41.0 Å². The molecule has 0 N–H and O–H groups in total. The number of rotatable bonds is 6. The standard InChI is InChI=1S/C26H25F4N3O4S/c1-14(10-17-4-7-23(20(27)11-17)36-26(28,29)30)25-31-21-12-18(24-15(2)32-37-16(24)3)5-6-22(21)33(25)19-8-9-38(34,35)13-19/h4-7,11-12,14,19H,8-10,13H2,1-3H3/t14-,19+/m1/s1. The summed E-state index contributed by atoms with van der Waals surface area (Å²) in [5.41, 5.74) is 4.34. The molecule has 12 heteroatoms. The molecular weight excluding hydrogens is 526 g/mol. The van der Waals surface area contributed by atoms with Crippen LogP contribution in [0.15, 0.2) is 40.9 Å². The molecule has 202 valence electrons. The first-order chi connectivity index (χ1) is 17.8. The number of imidazole rings is 1. The van der Waals surface area contributed by atoms with E-state index in [0.29, 0.717) is 29.1 Å². The van der Waals surface area contributed by atoms with Crippen LogP contribution in [0.1, 0.15) is 48.1 Å². The van der Waals surface area contributed by atoms with Gasteiger partial charge in [-0.2, -0.15) is 0 Å². The molecule has 5 rings (SSSR count). The van der Waals surface area contributed by atoms with Crippen LogP contribution in [0.3, 0.4) is 0 Å². The van der Waals surface area contributed by atoms with E-state index in [-0.39, 0.29) is 29.9 Å². The van der Waals surface area contributed by atoms with E-state index in [1.54, 1.807) is 0 Å². The summed E-state index contributed by atoms with van der Waals surface area (Å²) < 4.78 is 87.5. The number of fused-ring (bicyclic) bond motifs is 1. The molecule has 4 aromatic rings. The number of ether oxygens (including phenoxy) is 1. The fourth-order valence-corrected chi connectivity index (χ4v) is 6.90. The van der Waals surface area contributed by atoms with Crippen molar-refractivity contribution in [2.45, 2.75) is 51.9 Å². The molecule has 0 saturated carbocycles. The summed E-state index contributed by atoms with van der Waals surface area (Å²) in [5.74, 6) is -0.973. The van der Waals surface area contributed by atoms with Gasteiger partial charge in [0.25, 0.3) is 0 Å². The van der Waals surface area contributed by atoms with Gasteiger partial charge in [0.05, 0.1) is 34.3 Å². The Morgan fingerprint density at radius 2 is 1.95 bits per heavy atom. The van der Waals surface area contributed by atoms with Gasteiger partial charge in [0.15, 0.2) is 21.4 Å². The second-order valence-corrected chi connectivity index (χ2v) is 11.9. The molecule has 1 saturated heterocycles. The van der Waals surface area contributed by atoms with Crippen LogP contribution in [0.5, 0.6) is 5.75 Å². The van der Waals surface area contributed by atoms with Crippen molar-refractivity contribution in [2.24, 2.45) is 0 Å². The highest BCUT2D eigenvalue weighted by Gasteiger charge is 2.34. The van der Waals surface area contributed by atoms with Crippen LogP contribution >= 0.6 is 0 Å². The van der Waals surface area contributed by atoms with Crippen molar-refractivity contribution in [1.29, 1.82) is 0 Å². The van der Waals surface area contributed by atoms with Gasteiger partial charge >= 0.3 is 6.36 Å². The smallest absolute Gasteiger partial charge is 0.403 e. The van der Waals surface area contributed by atoms with Gasteiger partial charge in [-0.05, 0) is 62.1 Å². The second-order valence-electron chi connectivity index (χ2n) is 9.72. The van der Waals surface area contributed by atoms with Crippen molar-refractivity contribution in [1.82, 2.24) is 14.7 Å². The Morgan fingerprint density at radius 3 is 2.55 bits per heavy atom. The van der Waals surface area contributed by atoms with Gasteiger partial charge in [0, 0.05) is 11.5 Å². The molecule has 0 radical (unpaired) electrons. The molecule has 2 aromatic heterocycles. The van der Waals surface area contributed by atoms with Gasteiger partial charge < -0.3 is 13.8 Å². The van der Waals surface area contributed by atoms with Crippen molar-refractivity contribution in [3.8, 4) is 16.9 Å². The topological polar surface area (TPSA) is 87.2 Å². The fraction of sp³-hybridized carbons (Fsp3) is 0.385. The number of sulfone groups is 1. The average Bonchev–Trinajstić information content (AvgIpc) is 3.48. The Morgan fingerprint density at radius 1 is 1.18 bits per heavy atom. The van der Waals surface area contributed by atoms with E-state index in [1.165, 1.54) is 6.07 Å². The third-order valence-electron chi connectivity index (χ3n) is 6.82. The Balaban J connectivity index is 1.54. The minimum Gasteiger partial charge on any atom is -0.403 e. The molecule has 0 unspecified atom stereocenters. The molecule has 1 fully saturated rings.